The van der Waals surface area contributed by atoms with E-state index in [2.05, 4.69) is 10.3 Å². The number of nitrogens with one attached hydrogen (secondary N) is 2. The van der Waals surface area contributed by atoms with Crippen LogP contribution in [0.1, 0.15) is 23.3 Å². The first-order valence-corrected chi connectivity index (χ1v) is 7.18. The molecule has 0 aromatic carbocycles. The maximum absolute atomic E-state index is 12.3. The highest BCUT2D eigenvalue weighted by atomic mass is 16.2. The molecule has 2 N–H and O–H groups in total. The zero-order valence-corrected chi connectivity index (χ0v) is 11.7. The van der Waals surface area contributed by atoms with Gasteiger partial charge in [-0.1, -0.05) is 6.07 Å². The summed E-state index contributed by atoms with van der Waals surface area (Å²) in [6.07, 6.45) is 1.55. The van der Waals surface area contributed by atoms with Gasteiger partial charge in [-0.2, -0.15) is 0 Å². The van der Waals surface area contributed by atoms with Crippen molar-refractivity contribution >= 4 is 11.9 Å². The Kier molecular flexibility index (Phi) is 3.64. The fourth-order valence-electron chi connectivity index (χ4n) is 2.96. The van der Waals surface area contributed by atoms with Crippen molar-refractivity contribution in [1.82, 2.24) is 20.1 Å². The first-order chi connectivity index (χ1) is 10.1. The summed E-state index contributed by atoms with van der Waals surface area (Å²) >= 11 is 0. The van der Waals surface area contributed by atoms with E-state index in [1.807, 2.05) is 4.90 Å². The molecule has 112 valence electrons. The van der Waals surface area contributed by atoms with Gasteiger partial charge in [0.2, 0.25) is 5.56 Å². The number of nitrogens with zero attached hydrogens (tertiary/aromatic N) is 2. The summed E-state index contributed by atoms with van der Waals surface area (Å²) in [6, 6.07) is 4.77. The summed E-state index contributed by atoms with van der Waals surface area (Å²) in [6.45, 7) is 2.64. The molecule has 3 amide bonds. The van der Waals surface area contributed by atoms with Crippen molar-refractivity contribution in [3.63, 3.8) is 0 Å². The molecule has 21 heavy (non-hydrogen) atoms. The van der Waals surface area contributed by atoms with Gasteiger partial charge in [-0.3, -0.25) is 9.59 Å². The number of hydrogen-bond acceptors (Lipinski definition) is 3. The molecular weight excluding hydrogens is 272 g/mol. The second-order valence-electron chi connectivity index (χ2n) is 5.38. The van der Waals surface area contributed by atoms with Crippen LogP contribution in [0.2, 0.25) is 0 Å². The van der Waals surface area contributed by atoms with Crippen LogP contribution in [0.5, 0.6) is 0 Å². The van der Waals surface area contributed by atoms with E-state index in [0.717, 1.165) is 19.4 Å². The second kappa shape index (κ2) is 5.59. The molecule has 2 aliphatic rings. The number of amides is 3. The molecule has 0 bridgehead atoms. The van der Waals surface area contributed by atoms with Crippen LogP contribution in [0.15, 0.2) is 23.0 Å². The van der Waals surface area contributed by atoms with Gasteiger partial charge in [-0.15, -0.1) is 0 Å². The number of aromatic amines is 1. The number of urea groups is 1. The summed E-state index contributed by atoms with van der Waals surface area (Å²) in [4.78, 5) is 41.4. The SMILES string of the molecule is O=C(c1cccc(=O)[nH]1)N1CCC(N2CCNC2=O)CC1. The van der Waals surface area contributed by atoms with Crippen LogP contribution in [0.3, 0.4) is 0 Å². The van der Waals surface area contributed by atoms with Crippen molar-refractivity contribution < 1.29 is 9.59 Å². The first kappa shape index (κ1) is 13.7. The predicted octanol–water partition coefficient (Wildman–Crippen LogP) is 0.00470. The average molecular weight is 290 g/mol. The number of piperidine rings is 1. The van der Waals surface area contributed by atoms with E-state index in [1.165, 1.54) is 6.07 Å². The third-order valence-corrected chi connectivity index (χ3v) is 4.08. The average Bonchev–Trinajstić information content (AvgIpc) is 2.93. The van der Waals surface area contributed by atoms with Gasteiger partial charge in [0.1, 0.15) is 5.69 Å². The third kappa shape index (κ3) is 2.76. The molecule has 2 aliphatic heterocycles. The quantitative estimate of drug-likeness (QED) is 0.804. The lowest BCUT2D eigenvalue weighted by Gasteiger charge is -2.36. The summed E-state index contributed by atoms with van der Waals surface area (Å²) in [5.41, 5.74) is 0.0457. The lowest BCUT2D eigenvalue weighted by atomic mass is 10.0. The Morgan fingerprint density at radius 2 is 1.90 bits per heavy atom. The van der Waals surface area contributed by atoms with Gasteiger partial charge < -0.3 is 20.1 Å². The molecule has 1 aromatic heterocycles. The fourth-order valence-corrected chi connectivity index (χ4v) is 2.96. The van der Waals surface area contributed by atoms with E-state index in [9.17, 15) is 14.4 Å². The largest absolute Gasteiger partial charge is 0.337 e. The first-order valence-electron chi connectivity index (χ1n) is 7.18. The zero-order chi connectivity index (χ0) is 14.8. The molecule has 2 saturated heterocycles. The summed E-state index contributed by atoms with van der Waals surface area (Å²) < 4.78 is 0. The number of pyridine rings is 1. The second-order valence-corrected chi connectivity index (χ2v) is 5.38. The van der Waals surface area contributed by atoms with Crippen molar-refractivity contribution in [2.75, 3.05) is 26.2 Å². The van der Waals surface area contributed by atoms with Crippen LogP contribution in [0.25, 0.3) is 0 Å². The Bertz CT molecular complexity index is 604. The molecule has 2 fully saturated rings. The van der Waals surface area contributed by atoms with Crippen LogP contribution < -0.4 is 10.9 Å². The van der Waals surface area contributed by atoms with Crippen molar-refractivity contribution in [3.05, 3.63) is 34.2 Å². The Hall–Kier alpha value is -2.31. The minimum atomic E-state index is -0.274. The molecule has 1 aromatic rings. The molecule has 7 heteroatoms. The number of likely N-dealkylation sites (tertiary alicyclic amines) is 1. The van der Waals surface area contributed by atoms with Crippen LogP contribution in [0, 0.1) is 0 Å². The maximum Gasteiger partial charge on any atom is 0.317 e. The van der Waals surface area contributed by atoms with Crippen molar-refractivity contribution in [2.24, 2.45) is 0 Å². The fraction of sp³-hybridized carbons (Fsp3) is 0.500. The van der Waals surface area contributed by atoms with Gasteiger partial charge in [0.15, 0.2) is 0 Å². The van der Waals surface area contributed by atoms with E-state index < -0.39 is 0 Å². The molecule has 0 atom stereocenters. The van der Waals surface area contributed by atoms with Crippen molar-refractivity contribution in [2.45, 2.75) is 18.9 Å². The standard InChI is InChI=1S/C14H18N4O3/c19-12-3-1-2-11(16-12)13(20)17-7-4-10(5-8-17)18-9-6-15-14(18)21/h1-3,10H,4-9H2,(H,15,21)(H,16,19). The lowest BCUT2D eigenvalue weighted by molar-refractivity contribution is 0.0660. The van der Waals surface area contributed by atoms with Gasteiger partial charge in [0, 0.05) is 38.3 Å². The van der Waals surface area contributed by atoms with Gasteiger partial charge in [-0.05, 0) is 18.9 Å². The number of carbonyl (C=O) groups is 2. The third-order valence-electron chi connectivity index (χ3n) is 4.08. The maximum atomic E-state index is 12.3. The van der Waals surface area contributed by atoms with Gasteiger partial charge in [-0.25, -0.2) is 4.79 Å². The number of hydrogen-bond donors (Lipinski definition) is 2. The van der Waals surface area contributed by atoms with Gasteiger partial charge in [0.05, 0.1) is 0 Å². The van der Waals surface area contributed by atoms with Gasteiger partial charge >= 0.3 is 6.03 Å². The number of H-pyrrole nitrogens is 1. The molecule has 0 unspecified atom stereocenters. The predicted molar refractivity (Wildman–Crippen MR) is 76.1 cm³/mol. The van der Waals surface area contributed by atoms with Crippen LogP contribution in [-0.4, -0.2) is 58.9 Å². The zero-order valence-electron chi connectivity index (χ0n) is 11.7. The highest BCUT2D eigenvalue weighted by molar-refractivity contribution is 5.92. The Morgan fingerprint density at radius 1 is 1.14 bits per heavy atom. The number of aromatic nitrogens is 1. The highest BCUT2D eigenvalue weighted by Crippen LogP contribution is 2.19. The molecule has 7 nitrogen and oxygen atoms in total. The number of carbonyl (C=O) groups excluding carboxylic acids is 2. The lowest BCUT2D eigenvalue weighted by Crippen LogP contribution is -2.48. The van der Waals surface area contributed by atoms with Gasteiger partial charge in [0.25, 0.3) is 5.91 Å². The molecule has 3 heterocycles. The minimum Gasteiger partial charge on any atom is -0.337 e. The van der Waals surface area contributed by atoms with E-state index in [4.69, 9.17) is 0 Å². The monoisotopic (exact) mass is 290 g/mol. The van der Waals surface area contributed by atoms with E-state index in [-0.39, 0.29) is 23.5 Å². The van der Waals surface area contributed by atoms with E-state index in [1.54, 1.807) is 17.0 Å². The van der Waals surface area contributed by atoms with Crippen molar-refractivity contribution in [3.8, 4) is 0 Å². The molecule has 0 saturated carbocycles. The molecular formula is C14H18N4O3. The molecule has 3 rings (SSSR count). The normalized spacial score (nSPS) is 19.7. The molecule has 0 spiro atoms. The summed E-state index contributed by atoms with van der Waals surface area (Å²) in [7, 11) is 0. The van der Waals surface area contributed by atoms with E-state index in [0.29, 0.717) is 25.3 Å². The van der Waals surface area contributed by atoms with Crippen molar-refractivity contribution in [1.29, 1.82) is 0 Å². The smallest absolute Gasteiger partial charge is 0.317 e. The molecule has 0 radical (unpaired) electrons. The topological polar surface area (TPSA) is 85.5 Å². The minimum absolute atomic E-state index is 0.00725. The Labute approximate surface area is 121 Å². The summed E-state index contributed by atoms with van der Waals surface area (Å²) in [5, 5.41) is 2.80. The summed E-state index contributed by atoms with van der Waals surface area (Å²) in [5.74, 6) is -0.156. The Morgan fingerprint density at radius 3 is 2.52 bits per heavy atom. The number of rotatable bonds is 2. The Balaban J connectivity index is 1.62. The van der Waals surface area contributed by atoms with Crippen LogP contribution >= 0.6 is 0 Å². The van der Waals surface area contributed by atoms with Crippen LogP contribution in [-0.2, 0) is 0 Å². The molecule has 0 aliphatic carbocycles. The highest BCUT2D eigenvalue weighted by Gasteiger charge is 2.32. The van der Waals surface area contributed by atoms with Crippen LogP contribution in [0.4, 0.5) is 4.79 Å². The van der Waals surface area contributed by atoms with E-state index >= 15 is 0 Å².